The van der Waals surface area contributed by atoms with E-state index in [9.17, 15) is 14.4 Å². The van der Waals surface area contributed by atoms with Gasteiger partial charge in [-0.05, 0) is 31.8 Å². The molecule has 0 N–H and O–H groups in total. The summed E-state index contributed by atoms with van der Waals surface area (Å²) in [6.07, 6.45) is 3.99. The maximum atomic E-state index is 12.1. The summed E-state index contributed by atoms with van der Waals surface area (Å²) in [4.78, 5) is 35.1. The van der Waals surface area contributed by atoms with E-state index in [1.165, 1.54) is 6.92 Å². The second-order valence-electron chi connectivity index (χ2n) is 6.04. The number of carbonyl (C=O) groups excluding carboxylic acids is 3. The highest BCUT2D eigenvalue weighted by Gasteiger charge is 2.36. The smallest absolute Gasteiger partial charge is 0.338 e. The largest absolute Gasteiger partial charge is 0.461 e. The molecule has 2 rings (SSSR count). The minimum Gasteiger partial charge on any atom is -0.461 e. The van der Waals surface area contributed by atoms with Gasteiger partial charge in [-0.2, -0.15) is 0 Å². The Morgan fingerprint density at radius 2 is 2.09 bits per heavy atom. The van der Waals surface area contributed by atoms with Crippen LogP contribution in [0.4, 0.5) is 0 Å². The maximum absolute atomic E-state index is 12.1. The molecule has 0 spiro atoms. The first-order valence-electron chi connectivity index (χ1n) is 7.63. The summed E-state index contributed by atoms with van der Waals surface area (Å²) >= 11 is 0. The first-order chi connectivity index (χ1) is 10.4. The molecular weight excluding hydrogens is 284 g/mol. The third kappa shape index (κ3) is 3.84. The topological polar surface area (TPSA) is 69.7 Å². The zero-order valence-electron chi connectivity index (χ0n) is 13.3. The quantitative estimate of drug-likeness (QED) is 0.579. The number of rotatable bonds is 2. The molecule has 22 heavy (non-hydrogen) atoms. The highest BCUT2D eigenvalue weighted by atomic mass is 16.6. The van der Waals surface area contributed by atoms with Crippen LogP contribution in [0, 0.1) is 5.92 Å². The number of fused-ring (bicyclic) bond motifs is 1. The molecule has 1 aliphatic carbocycles. The lowest BCUT2D eigenvalue weighted by Gasteiger charge is -2.19. The molecule has 0 saturated heterocycles. The molecule has 0 aromatic rings. The van der Waals surface area contributed by atoms with E-state index in [1.54, 1.807) is 0 Å². The van der Waals surface area contributed by atoms with Crippen LogP contribution in [0.3, 0.4) is 0 Å². The van der Waals surface area contributed by atoms with Gasteiger partial charge in [0.2, 0.25) is 0 Å². The van der Waals surface area contributed by atoms with Gasteiger partial charge in [0.25, 0.3) is 0 Å². The third-order valence-corrected chi connectivity index (χ3v) is 4.25. The van der Waals surface area contributed by atoms with Crippen LogP contribution in [0.15, 0.2) is 22.8 Å². The number of hydrogen-bond donors (Lipinski definition) is 0. The van der Waals surface area contributed by atoms with Gasteiger partial charge in [0.05, 0.1) is 5.57 Å². The van der Waals surface area contributed by atoms with Crippen LogP contribution in [0.25, 0.3) is 0 Å². The summed E-state index contributed by atoms with van der Waals surface area (Å²) in [7, 11) is 0. The van der Waals surface area contributed by atoms with E-state index in [2.05, 4.69) is 0 Å². The van der Waals surface area contributed by atoms with Gasteiger partial charge in [-0.3, -0.25) is 9.59 Å². The van der Waals surface area contributed by atoms with E-state index in [1.807, 2.05) is 19.9 Å². The molecule has 5 heteroatoms. The number of carbonyl (C=O) groups is 3. The molecule has 0 unspecified atom stereocenters. The molecule has 5 nitrogen and oxygen atoms in total. The Morgan fingerprint density at radius 1 is 1.36 bits per heavy atom. The van der Waals surface area contributed by atoms with Crippen molar-refractivity contribution in [2.24, 2.45) is 5.92 Å². The maximum Gasteiger partial charge on any atom is 0.338 e. The zero-order valence-corrected chi connectivity index (χ0v) is 13.3. The number of allylic oxidation sites excluding steroid dienone is 2. The van der Waals surface area contributed by atoms with Crippen molar-refractivity contribution in [1.29, 1.82) is 0 Å². The van der Waals surface area contributed by atoms with Crippen LogP contribution in [0.5, 0.6) is 0 Å². The van der Waals surface area contributed by atoms with Gasteiger partial charge in [-0.1, -0.05) is 18.6 Å². The number of Topliss-reactive ketones (excluding diaryl/α,β-unsaturated/α-hetero) is 1. The van der Waals surface area contributed by atoms with E-state index in [-0.39, 0.29) is 24.4 Å². The van der Waals surface area contributed by atoms with Gasteiger partial charge in [0.1, 0.15) is 18.5 Å². The van der Waals surface area contributed by atoms with E-state index < -0.39 is 11.9 Å². The van der Waals surface area contributed by atoms with Crippen LogP contribution in [0.1, 0.15) is 46.5 Å². The fourth-order valence-electron chi connectivity index (χ4n) is 2.79. The molecule has 2 atom stereocenters. The monoisotopic (exact) mass is 306 g/mol. The van der Waals surface area contributed by atoms with Crippen molar-refractivity contribution >= 4 is 17.7 Å². The summed E-state index contributed by atoms with van der Waals surface area (Å²) in [5.41, 5.74) is 2.44. The lowest BCUT2D eigenvalue weighted by Crippen LogP contribution is -2.21. The Morgan fingerprint density at radius 3 is 2.77 bits per heavy atom. The number of ketones is 1. The molecule has 2 aliphatic rings. The molecule has 0 radical (unpaired) electrons. The fourth-order valence-corrected chi connectivity index (χ4v) is 2.79. The van der Waals surface area contributed by atoms with Crippen LogP contribution >= 0.6 is 0 Å². The lowest BCUT2D eigenvalue weighted by molar-refractivity contribution is -0.143. The summed E-state index contributed by atoms with van der Waals surface area (Å²) in [6, 6.07) is 0. The number of hydrogen-bond acceptors (Lipinski definition) is 5. The molecule has 1 aliphatic heterocycles. The predicted molar refractivity (Wildman–Crippen MR) is 79.9 cm³/mol. The van der Waals surface area contributed by atoms with Gasteiger partial charge >= 0.3 is 11.9 Å². The van der Waals surface area contributed by atoms with Gasteiger partial charge in [0, 0.05) is 19.3 Å². The molecule has 0 fully saturated rings. The standard InChI is InChI=1S/C17H22O5/c1-10-4-6-13-14(9-21-12(3)18)17(20)22-16(13)8-11(2)15(19)7-5-10/h5,11,16H,4,6-9H2,1-3H3/b10-5-/t11-,16-/m1/s1. The van der Waals surface area contributed by atoms with Gasteiger partial charge < -0.3 is 9.47 Å². The Bertz CT molecular complexity index is 555. The lowest BCUT2D eigenvalue weighted by atomic mass is 9.88. The molecule has 0 amide bonds. The average molecular weight is 306 g/mol. The fraction of sp³-hybridized carbons (Fsp3) is 0.588. The SMILES string of the molecule is CC(=O)OCC1=C2CC/C(C)=C\CC(=O)[C@H](C)C[C@H]2OC1=O. The van der Waals surface area contributed by atoms with Gasteiger partial charge in [-0.25, -0.2) is 4.79 Å². The van der Waals surface area contributed by atoms with Crippen molar-refractivity contribution in [2.45, 2.75) is 52.6 Å². The van der Waals surface area contributed by atoms with E-state index in [0.717, 1.165) is 17.6 Å². The van der Waals surface area contributed by atoms with Crippen molar-refractivity contribution < 1.29 is 23.9 Å². The van der Waals surface area contributed by atoms with Gasteiger partial charge in [-0.15, -0.1) is 0 Å². The van der Waals surface area contributed by atoms with Crippen LogP contribution in [-0.4, -0.2) is 30.4 Å². The average Bonchev–Trinajstić information content (AvgIpc) is 2.74. The molecule has 1 heterocycles. The van der Waals surface area contributed by atoms with Crippen molar-refractivity contribution in [2.75, 3.05) is 6.61 Å². The van der Waals surface area contributed by atoms with E-state index in [4.69, 9.17) is 9.47 Å². The molecule has 0 aromatic carbocycles. The second-order valence-corrected chi connectivity index (χ2v) is 6.04. The minimum atomic E-state index is -0.429. The Kier molecular flexibility index (Phi) is 5.16. The molecule has 120 valence electrons. The third-order valence-electron chi connectivity index (χ3n) is 4.25. The van der Waals surface area contributed by atoms with E-state index >= 15 is 0 Å². The van der Waals surface area contributed by atoms with Crippen molar-refractivity contribution in [3.8, 4) is 0 Å². The highest BCUT2D eigenvalue weighted by molar-refractivity contribution is 5.93. The minimum absolute atomic E-state index is 0.0505. The zero-order chi connectivity index (χ0) is 16.3. The molecular formula is C17H22O5. The van der Waals surface area contributed by atoms with Crippen molar-refractivity contribution in [1.82, 2.24) is 0 Å². The summed E-state index contributed by atoms with van der Waals surface area (Å²) in [6.45, 7) is 5.11. The summed E-state index contributed by atoms with van der Waals surface area (Å²) in [5.74, 6) is -0.862. The Labute approximate surface area is 130 Å². The second kappa shape index (κ2) is 6.90. The van der Waals surface area contributed by atoms with E-state index in [0.29, 0.717) is 24.8 Å². The van der Waals surface area contributed by atoms with Crippen LogP contribution in [0.2, 0.25) is 0 Å². The normalized spacial score (nSPS) is 28.6. The summed E-state index contributed by atoms with van der Waals surface area (Å²) < 4.78 is 10.4. The van der Waals surface area contributed by atoms with Crippen molar-refractivity contribution in [3.05, 3.63) is 22.8 Å². The number of esters is 2. The van der Waals surface area contributed by atoms with Gasteiger partial charge in [0.15, 0.2) is 0 Å². The van der Waals surface area contributed by atoms with Crippen LogP contribution in [-0.2, 0) is 23.9 Å². The highest BCUT2D eigenvalue weighted by Crippen LogP contribution is 2.33. The Balaban J connectivity index is 2.28. The predicted octanol–water partition coefficient (Wildman–Crippen LogP) is 2.50. The first kappa shape index (κ1) is 16.5. The summed E-state index contributed by atoms with van der Waals surface area (Å²) in [5, 5.41) is 0. The molecule has 0 bridgehead atoms. The number of ether oxygens (including phenoxy) is 2. The van der Waals surface area contributed by atoms with Crippen LogP contribution < -0.4 is 0 Å². The van der Waals surface area contributed by atoms with Crippen molar-refractivity contribution in [3.63, 3.8) is 0 Å². The molecule has 0 saturated carbocycles. The molecule has 0 aromatic heterocycles. The Hall–Kier alpha value is -1.91. The first-order valence-corrected chi connectivity index (χ1v) is 7.63.